The van der Waals surface area contributed by atoms with E-state index in [1.807, 2.05) is 36.4 Å². The predicted molar refractivity (Wildman–Crippen MR) is 201 cm³/mol. The maximum absolute atomic E-state index is 14.6. The number of aromatic hydroxyl groups is 2. The van der Waals surface area contributed by atoms with Crippen molar-refractivity contribution in [3.05, 3.63) is 127 Å². The van der Waals surface area contributed by atoms with Crippen molar-refractivity contribution in [2.24, 2.45) is 0 Å². The first-order valence-electron chi connectivity index (χ1n) is 14.3. The molecule has 0 spiro atoms. The second-order valence-corrected chi connectivity index (χ2v) is 14.3. The van der Waals surface area contributed by atoms with E-state index in [1.54, 1.807) is 12.1 Å². The zero-order valence-electron chi connectivity index (χ0n) is 28.0. The number of hydrogen-bond acceptors (Lipinski definition) is 7. The van der Waals surface area contributed by atoms with Crippen LogP contribution in [-0.2, 0) is 9.68 Å². The van der Waals surface area contributed by atoms with Crippen molar-refractivity contribution in [2.75, 3.05) is 0 Å². The molecule has 2 heterocycles. The smallest absolute Gasteiger partial charge is 1.00 e. The number of phenols is 2. The molecule has 0 atom stereocenters. The van der Waals surface area contributed by atoms with Crippen molar-refractivity contribution in [1.29, 1.82) is 0 Å². The molecule has 7 nitrogen and oxygen atoms in total. The van der Waals surface area contributed by atoms with Crippen LogP contribution in [0.5, 0.6) is 11.5 Å². The molecule has 0 fully saturated rings. The maximum atomic E-state index is 14.6. The fourth-order valence-corrected chi connectivity index (χ4v) is 7.02. The van der Waals surface area contributed by atoms with Gasteiger partial charge < -0.3 is 30.6 Å². The molecule has 0 bridgehead atoms. The first-order chi connectivity index (χ1) is 24.0. The Labute approximate surface area is 414 Å². The molecular weight excluding hydrogens is 992 g/mol. The summed E-state index contributed by atoms with van der Waals surface area (Å²) in [5, 5.41) is 33.1. The van der Waals surface area contributed by atoms with Crippen LogP contribution in [0.4, 0.5) is 8.78 Å². The van der Waals surface area contributed by atoms with E-state index in [4.69, 9.17) is 18.9 Å². The average molecular weight is 1010 g/mol. The largest absolute Gasteiger partial charge is 1.00 e. The third kappa shape index (κ3) is 9.33. The molecule has 0 saturated carbocycles. The number of carbonyl (C=O) groups excluding carboxylic acids is 1. The number of benzene rings is 6. The monoisotopic (exact) mass is 1010 g/mol. The van der Waals surface area contributed by atoms with E-state index in [9.17, 15) is 19.0 Å². The summed E-state index contributed by atoms with van der Waals surface area (Å²) in [5.74, 6) is -1.81. The summed E-state index contributed by atoms with van der Waals surface area (Å²) < 4.78 is 44.4. The van der Waals surface area contributed by atoms with Crippen molar-refractivity contribution in [3.8, 4) is 33.8 Å². The van der Waals surface area contributed by atoms with Crippen LogP contribution in [0, 0.1) is 11.6 Å². The first kappa shape index (κ1) is 43.7. The van der Waals surface area contributed by atoms with Crippen LogP contribution in [0.25, 0.3) is 66.1 Å². The molecule has 52 heavy (non-hydrogen) atoms. The van der Waals surface area contributed by atoms with Crippen molar-refractivity contribution >= 4 is 114 Å². The fraction of sp³-hybridized carbons (Fsp3) is 0. The summed E-state index contributed by atoms with van der Waals surface area (Å²) in [4.78, 5) is 11.2. The summed E-state index contributed by atoms with van der Waals surface area (Å²) in [7, 11) is 0. The van der Waals surface area contributed by atoms with Gasteiger partial charge in [-0.3, -0.25) is 4.79 Å². The van der Waals surface area contributed by atoms with Crippen LogP contribution in [0.1, 0.15) is 1.43 Å². The summed E-state index contributed by atoms with van der Waals surface area (Å²) in [6, 6.07) is 27.0. The van der Waals surface area contributed by atoms with Gasteiger partial charge in [0.2, 0.25) is 0 Å². The minimum Gasteiger partial charge on any atom is -1.00 e. The topological polar surface area (TPSA) is 116 Å². The van der Waals surface area contributed by atoms with Gasteiger partial charge in [0.1, 0.15) is 45.5 Å². The van der Waals surface area contributed by atoms with E-state index in [-0.39, 0.29) is 144 Å². The Morgan fingerprint density at radius 1 is 0.577 bits per heavy atom. The van der Waals surface area contributed by atoms with Crippen LogP contribution < -0.4 is 108 Å². The second kappa shape index (κ2) is 19.2. The third-order valence-electron chi connectivity index (χ3n) is 7.59. The molecule has 0 unspecified atom stereocenters. The molecule has 0 aliphatic rings. The average Bonchev–Trinajstić information content (AvgIpc) is 3.65. The molecule has 0 amide bonds. The molecule has 8 aromatic rings. The standard InChI is InChI=1S/C18H10Br2F2O2.C18H8Br2O2.CH2O3.2K.H/c19-9-1-5-15(23)11(7-9)17-13(21)3-4-14(22)18(17)12-8-10(20)2-6-16(12)24;19-9-1-3-13-11(7-9)17-15(21-13)5-6-16-18(17)12-8-10(20)2-4-14(12)22-16;2-1-4-3;;;/h1-8,23-24H;1-8H;1,3H;;;/q;;;2*+1;-1/p-1. The summed E-state index contributed by atoms with van der Waals surface area (Å²) in [6.45, 7) is -0.181. The zero-order valence-corrected chi connectivity index (χ0v) is 39.6. The Morgan fingerprint density at radius 3 is 1.27 bits per heavy atom. The van der Waals surface area contributed by atoms with E-state index in [1.165, 1.54) is 24.3 Å². The summed E-state index contributed by atoms with van der Waals surface area (Å²) in [6.07, 6.45) is 0. The van der Waals surface area contributed by atoms with Crippen LogP contribution in [-0.4, -0.2) is 16.7 Å². The SMILES string of the molecule is Brc1ccc2oc3ccc4oc5ccc(Br)cc5c4c3c2c1.O=CO[O-].Oc1ccc(Br)cc1-c1c(F)ccc(F)c1-c1cc(Br)ccc1O.[H-].[K+].[K+]. The summed E-state index contributed by atoms with van der Waals surface area (Å²) >= 11 is 13.6. The Morgan fingerprint density at radius 2 is 0.904 bits per heavy atom. The number of halogens is 6. The molecular formula is C37H20Br4F2K2O7. The molecule has 0 aliphatic carbocycles. The van der Waals surface area contributed by atoms with E-state index in [2.05, 4.69) is 80.7 Å². The van der Waals surface area contributed by atoms with Gasteiger partial charge >= 0.3 is 103 Å². The number of hydrogen-bond donors (Lipinski definition) is 2. The molecule has 2 aromatic heterocycles. The predicted octanol–water partition coefficient (Wildman–Crippen LogP) is 5.80. The first-order valence-corrected chi connectivity index (χ1v) is 17.5. The van der Waals surface area contributed by atoms with E-state index in [0.29, 0.717) is 8.95 Å². The Hall–Kier alpha value is -0.997. The van der Waals surface area contributed by atoms with Gasteiger partial charge in [-0.25, -0.2) is 8.78 Å². The number of carbonyl (C=O) groups is 1. The van der Waals surface area contributed by atoms with Gasteiger partial charge in [-0.1, -0.05) is 63.7 Å². The third-order valence-corrected chi connectivity index (χ3v) is 9.56. The van der Waals surface area contributed by atoms with Crippen LogP contribution in [0.3, 0.4) is 0 Å². The van der Waals surface area contributed by atoms with E-state index >= 15 is 0 Å². The number of fused-ring (bicyclic) bond motifs is 7. The Balaban J connectivity index is 0.000000247. The van der Waals surface area contributed by atoms with E-state index < -0.39 is 11.6 Å². The molecule has 6 aromatic carbocycles. The molecule has 0 aliphatic heterocycles. The normalized spacial score (nSPS) is 10.5. The minimum atomic E-state index is -0.709. The Bertz CT molecular complexity index is 2410. The van der Waals surface area contributed by atoms with Gasteiger partial charge in [-0.05, 0) is 97.1 Å². The molecule has 254 valence electrons. The molecule has 0 radical (unpaired) electrons. The van der Waals surface area contributed by atoms with Gasteiger partial charge in [-0.15, -0.1) is 0 Å². The number of phenolic OH excluding ortho intramolecular Hbond substituents is 2. The minimum absolute atomic E-state index is 0. The van der Waals surface area contributed by atoms with Crippen molar-refractivity contribution < 1.29 is 147 Å². The van der Waals surface area contributed by atoms with Crippen LogP contribution >= 0.6 is 63.7 Å². The van der Waals surface area contributed by atoms with Gasteiger partial charge in [0.15, 0.2) is 0 Å². The van der Waals surface area contributed by atoms with Crippen molar-refractivity contribution in [3.63, 3.8) is 0 Å². The Kier molecular flexibility index (Phi) is 16.2. The van der Waals surface area contributed by atoms with Gasteiger partial charge in [0, 0.05) is 61.7 Å². The zero-order chi connectivity index (χ0) is 35.7. The maximum Gasteiger partial charge on any atom is 1.00 e. The quantitative estimate of drug-likeness (QED) is 0.0996. The second-order valence-electron chi connectivity index (χ2n) is 10.6. The van der Waals surface area contributed by atoms with Crippen molar-refractivity contribution in [2.45, 2.75) is 0 Å². The number of rotatable bonds is 3. The van der Waals surface area contributed by atoms with Crippen LogP contribution in [0.2, 0.25) is 0 Å². The molecule has 0 saturated heterocycles. The molecule has 2 N–H and O–H groups in total. The number of furan rings is 2. The van der Waals surface area contributed by atoms with Gasteiger partial charge in [0.05, 0.1) is 0 Å². The van der Waals surface area contributed by atoms with Crippen LogP contribution in [0.15, 0.2) is 124 Å². The van der Waals surface area contributed by atoms with Gasteiger partial charge in [0.25, 0.3) is 6.47 Å². The molecule has 8 rings (SSSR count). The van der Waals surface area contributed by atoms with Gasteiger partial charge in [-0.2, -0.15) is 0 Å². The van der Waals surface area contributed by atoms with E-state index in [0.717, 1.165) is 65.0 Å². The fourth-order valence-electron chi connectivity index (χ4n) is 5.57. The molecule has 15 heteroatoms. The summed E-state index contributed by atoms with van der Waals surface area (Å²) in [5.41, 5.74) is 3.52. The van der Waals surface area contributed by atoms with Crippen molar-refractivity contribution in [1.82, 2.24) is 0 Å².